The standard InChI is InChI=1S/C19H25NO3/c1-4-5-15-6-8-16(9-7-15)22-13-17-10-11-18(23-17)19(21)20-12-14(2)3/h6-11,14H,4-5,12-13H2,1-3H3,(H,20,21). The Kier molecular flexibility index (Phi) is 6.27. The molecule has 0 unspecified atom stereocenters. The number of furan rings is 1. The number of aryl methyl sites for hydroxylation is 1. The largest absolute Gasteiger partial charge is 0.486 e. The molecule has 0 aliphatic carbocycles. The Morgan fingerprint density at radius 3 is 2.57 bits per heavy atom. The van der Waals surface area contributed by atoms with Crippen LogP contribution in [0, 0.1) is 5.92 Å². The van der Waals surface area contributed by atoms with Gasteiger partial charge in [0, 0.05) is 6.54 Å². The predicted molar refractivity (Wildman–Crippen MR) is 90.6 cm³/mol. The molecule has 0 aliphatic rings. The molecule has 0 spiro atoms. The van der Waals surface area contributed by atoms with Crippen molar-refractivity contribution in [3.8, 4) is 5.75 Å². The molecule has 0 saturated carbocycles. The summed E-state index contributed by atoms with van der Waals surface area (Å²) in [5.74, 6) is 1.98. The normalized spacial score (nSPS) is 10.8. The summed E-state index contributed by atoms with van der Waals surface area (Å²) < 4.78 is 11.2. The third-order valence-corrected chi connectivity index (χ3v) is 3.40. The first kappa shape index (κ1) is 17.1. The van der Waals surface area contributed by atoms with E-state index in [1.807, 2.05) is 26.0 Å². The monoisotopic (exact) mass is 315 g/mol. The van der Waals surface area contributed by atoms with E-state index in [1.165, 1.54) is 5.56 Å². The third kappa shape index (κ3) is 5.47. The number of carbonyl (C=O) groups is 1. The van der Waals surface area contributed by atoms with Crippen molar-refractivity contribution in [3.05, 3.63) is 53.5 Å². The summed E-state index contributed by atoms with van der Waals surface area (Å²) in [5.41, 5.74) is 1.31. The molecule has 1 heterocycles. The average Bonchev–Trinajstić information content (AvgIpc) is 3.01. The summed E-state index contributed by atoms with van der Waals surface area (Å²) in [6.07, 6.45) is 2.21. The lowest BCUT2D eigenvalue weighted by Crippen LogP contribution is -2.26. The highest BCUT2D eigenvalue weighted by Crippen LogP contribution is 2.16. The number of nitrogens with one attached hydrogen (secondary N) is 1. The zero-order valence-electron chi connectivity index (χ0n) is 14.1. The molecule has 0 fully saturated rings. The van der Waals surface area contributed by atoms with E-state index in [1.54, 1.807) is 12.1 Å². The van der Waals surface area contributed by atoms with Gasteiger partial charge in [0.25, 0.3) is 5.91 Å². The Morgan fingerprint density at radius 1 is 1.17 bits per heavy atom. The number of rotatable bonds is 8. The molecule has 0 bridgehead atoms. The van der Waals surface area contributed by atoms with E-state index in [9.17, 15) is 4.79 Å². The van der Waals surface area contributed by atoms with Crippen molar-refractivity contribution < 1.29 is 13.9 Å². The summed E-state index contributed by atoms with van der Waals surface area (Å²) in [6, 6.07) is 11.5. The highest BCUT2D eigenvalue weighted by molar-refractivity contribution is 5.91. The topological polar surface area (TPSA) is 51.5 Å². The molecule has 4 heteroatoms. The molecule has 0 aliphatic heterocycles. The molecule has 23 heavy (non-hydrogen) atoms. The van der Waals surface area contributed by atoms with Gasteiger partial charge in [-0.15, -0.1) is 0 Å². The highest BCUT2D eigenvalue weighted by Gasteiger charge is 2.11. The van der Waals surface area contributed by atoms with E-state index in [2.05, 4.69) is 24.4 Å². The lowest BCUT2D eigenvalue weighted by Gasteiger charge is -2.06. The summed E-state index contributed by atoms with van der Waals surface area (Å²) in [6.45, 7) is 7.21. The van der Waals surface area contributed by atoms with Crippen molar-refractivity contribution in [2.45, 2.75) is 40.2 Å². The Labute approximate surface area is 137 Å². The molecule has 0 radical (unpaired) electrons. The maximum Gasteiger partial charge on any atom is 0.287 e. The van der Waals surface area contributed by atoms with Gasteiger partial charge in [-0.3, -0.25) is 4.79 Å². The minimum atomic E-state index is -0.186. The van der Waals surface area contributed by atoms with Crippen LogP contribution < -0.4 is 10.1 Å². The van der Waals surface area contributed by atoms with Crippen molar-refractivity contribution >= 4 is 5.91 Å². The van der Waals surface area contributed by atoms with E-state index in [0.717, 1.165) is 18.6 Å². The van der Waals surface area contributed by atoms with Crippen LogP contribution in [0.15, 0.2) is 40.8 Å². The van der Waals surface area contributed by atoms with Crippen LogP contribution in [-0.4, -0.2) is 12.5 Å². The number of benzene rings is 1. The quantitative estimate of drug-likeness (QED) is 0.794. The van der Waals surface area contributed by atoms with Crippen LogP contribution in [0.25, 0.3) is 0 Å². The first-order chi connectivity index (χ1) is 11.1. The summed E-state index contributed by atoms with van der Waals surface area (Å²) in [5, 5.41) is 2.83. The molecule has 2 aromatic rings. The van der Waals surface area contributed by atoms with Gasteiger partial charge >= 0.3 is 0 Å². The van der Waals surface area contributed by atoms with Crippen molar-refractivity contribution in [2.24, 2.45) is 5.92 Å². The maximum absolute atomic E-state index is 11.9. The van der Waals surface area contributed by atoms with Crippen molar-refractivity contribution in [2.75, 3.05) is 6.54 Å². The van der Waals surface area contributed by atoms with Gasteiger partial charge in [0.05, 0.1) is 0 Å². The van der Waals surface area contributed by atoms with E-state index in [4.69, 9.17) is 9.15 Å². The van der Waals surface area contributed by atoms with E-state index in [-0.39, 0.29) is 5.91 Å². The highest BCUT2D eigenvalue weighted by atomic mass is 16.5. The number of hydrogen-bond acceptors (Lipinski definition) is 3. The lowest BCUT2D eigenvalue weighted by molar-refractivity contribution is 0.0917. The van der Waals surface area contributed by atoms with Crippen LogP contribution in [0.3, 0.4) is 0 Å². The molecule has 1 aromatic carbocycles. The van der Waals surface area contributed by atoms with Crippen molar-refractivity contribution in [3.63, 3.8) is 0 Å². The Morgan fingerprint density at radius 2 is 1.91 bits per heavy atom. The summed E-state index contributed by atoms with van der Waals surface area (Å²) in [4.78, 5) is 11.9. The summed E-state index contributed by atoms with van der Waals surface area (Å²) in [7, 11) is 0. The first-order valence-electron chi connectivity index (χ1n) is 8.17. The lowest BCUT2D eigenvalue weighted by atomic mass is 10.1. The van der Waals surface area contributed by atoms with E-state index in [0.29, 0.717) is 30.6 Å². The molecule has 0 saturated heterocycles. The molecule has 4 nitrogen and oxygen atoms in total. The smallest absolute Gasteiger partial charge is 0.287 e. The van der Waals surface area contributed by atoms with Crippen molar-refractivity contribution in [1.29, 1.82) is 0 Å². The van der Waals surface area contributed by atoms with Crippen LogP contribution in [0.5, 0.6) is 5.75 Å². The fraction of sp³-hybridized carbons (Fsp3) is 0.421. The van der Waals surface area contributed by atoms with Gasteiger partial charge in [0.15, 0.2) is 5.76 Å². The van der Waals surface area contributed by atoms with Crippen LogP contribution in [0.1, 0.15) is 49.1 Å². The molecule has 2 rings (SSSR count). The zero-order chi connectivity index (χ0) is 16.7. The predicted octanol–water partition coefficient (Wildman–Crippen LogP) is 4.20. The molecule has 1 N–H and O–H groups in total. The van der Waals surface area contributed by atoms with Gasteiger partial charge in [-0.1, -0.05) is 39.3 Å². The van der Waals surface area contributed by atoms with Crippen molar-refractivity contribution in [1.82, 2.24) is 5.32 Å². The second-order valence-electron chi connectivity index (χ2n) is 6.05. The van der Waals surface area contributed by atoms with Gasteiger partial charge in [-0.2, -0.15) is 0 Å². The SMILES string of the molecule is CCCc1ccc(OCc2ccc(C(=O)NCC(C)C)o2)cc1. The Balaban J connectivity index is 1.85. The second-order valence-corrected chi connectivity index (χ2v) is 6.05. The second kappa shape index (κ2) is 8.42. The van der Waals surface area contributed by atoms with Crippen LogP contribution in [-0.2, 0) is 13.0 Å². The van der Waals surface area contributed by atoms with Crippen LogP contribution in [0.2, 0.25) is 0 Å². The Hall–Kier alpha value is -2.23. The van der Waals surface area contributed by atoms with Gasteiger partial charge < -0.3 is 14.5 Å². The van der Waals surface area contributed by atoms with Gasteiger partial charge in [0.2, 0.25) is 0 Å². The average molecular weight is 315 g/mol. The fourth-order valence-corrected chi connectivity index (χ4v) is 2.16. The minimum Gasteiger partial charge on any atom is -0.486 e. The van der Waals surface area contributed by atoms with Gasteiger partial charge in [-0.05, 0) is 42.2 Å². The number of carbonyl (C=O) groups excluding carboxylic acids is 1. The fourth-order valence-electron chi connectivity index (χ4n) is 2.16. The molecule has 124 valence electrons. The molecule has 1 aromatic heterocycles. The molecular weight excluding hydrogens is 290 g/mol. The number of ether oxygens (including phenoxy) is 1. The van der Waals surface area contributed by atoms with Crippen LogP contribution >= 0.6 is 0 Å². The minimum absolute atomic E-state index is 0.186. The van der Waals surface area contributed by atoms with Gasteiger partial charge in [0.1, 0.15) is 18.1 Å². The van der Waals surface area contributed by atoms with Crippen LogP contribution in [0.4, 0.5) is 0 Å². The van der Waals surface area contributed by atoms with E-state index < -0.39 is 0 Å². The third-order valence-electron chi connectivity index (χ3n) is 3.40. The number of hydrogen-bond donors (Lipinski definition) is 1. The Bertz CT molecular complexity index is 614. The maximum atomic E-state index is 11.9. The molecule has 0 atom stereocenters. The first-order valence-corrected chi connectivity index (χ1v) is 8.17. The molecular formula is C19H25NO3. The molecule has 1 amide bonds. The van der Waals surface area contributed by atoms with E-state index >= 15 is 0 Å². The zero-order valence-corrected chi connectivity index (χ0v) is 14.1. The number of amides is 1. The summed E-state index contributed by atoms with van der Waals surface area (Å²) >= 11 is 0. The van der Waals surface area contributed by atoms with Gasteiger partial charge in [-0.25, -0.2) is 0 Å².